The molecule has 23 heavy (non-hydrogen) atoms. The number of anilines is 1. The molecule has 1 saturated carbocycles. The fourth-order valence-corrected chi connectivity index (χ4v) is 2.85. The number of carbonyl (C=O) groups excluding carboxylic acids is 1. The fraction of sp³-hybridized carbons (Fsp3) is 0.353. The predicted molar refractivity (Wildman–Crippen MR) is 88.8 cm³/mol. The highest BCUT2D eigenvalue weighted by atomic mass is 35.5. The zero-order valence-electron chi connectivity index (χ0n) is 12.7. The number of nitrogens with zero attached hydrogens (tertiary/aromatic N) is 2. The number of rotatable bonds is 4. The lowest BCUT2D eigenvalue weighted by molar-refractivity contribution is -0.120. The van der Waals surface area contributed by atoms with Gasteiger partial charge >= 0.3 is 0 Å². The smallest absolute Gasteiger partial charge is 0.241 e. The van der Waals surface area contributed by atoms with Crippen molar-refractivity contribution in [2.24, 2.45) is 5.92 Å². The molecule has 1 fully saturated rings. The van der Waals surface area contributed by atoms with Crippen molar-refractivity contribution in [3.05, 3.63) is 41.8 Å². The first-order chi connectivity index (χ1) is 11.2. The van der Waals surface area contributed by atoms with E-state index in [1.54, 1.807) is 12.1 Å². The van der Waals surface area contributed by atoms with Crippen LogP contribution in [0.15, 0.2) is 36.8 Å². The SMILES string of the molecule is O=C(Nc1ccc(Oc2ncncc2Cl)cc1)C1CCCCC1. The predicted octanol–water partition coefficient (Wildman–Crippen LogP) is 4.44. The van der Waals surface area contributed by atoms with E-state index >= 15 is 0 Å². The Hall–Kier alpha value is -2.14. The Morgan fingerprint density at radius 1 is 1.17 bits per heavy atom. The molecule has 0 saturated heterocycles. The highest BCUT2D eigenvalue weighted by Gasteiger charge is 2.20. The minimum absolute atomic E-state index is 0.109. The second-order valence-corrected chi connectivity index (χ2v) is 6.03. The average Bonchev–Trinajstić information content (AvgIpc) is 2.59. The van der Waals surface area contributed by atoms with Crippen LogP contribution in [-0.4, -0.2) is 15.9 Å². The van der Waals surface area contributed by atoms with Crippen LogP contribution in [0.1, 0.15) is 32.1 Å². The average molecular weight is 332 g/mol. The third-order valence-electron chi connectivity index (χ3n) is 3.95. The van der Waals surface area contributed by atoms with Crippen LogP contribution in [0.25, 0.3) is 0 Å². The summed E-state index contributed by atoms with van der Waals surface area (Å²) in [5.41, 5.74) is 0.765. The molecule has 2 aromatic rings. The topological polar surface area (TPSA) is 64.1 Å². The Balaban J connectivity index is 1.60. The second kappa shape index (κ2) is 7.42. The van der Waals surface area contributed by atoms with Gasteiger partial charge in [0.15, 0.2) is 0 Å². The van der Waals surface area contributed by atoms with Crippen LogP contribution < -0.4 is 10.1 Å². The van der Waals surface area contributed by atoms with Gasteiger partial charge in [-0.15, -0.1) is 0 Å². The lowest BCUT2D eigenvalue weighted by atomic mass is 9.88. The molecule has 0 radical (unpaired) electrons. The summed E-state index contributed by atoms with van der Waals surface area (Å²) in [6, 6.07) is 7.17. The number of carbonyl (C=O) groups is 1. The molecule has 0 spiro atoms. The van der Waals surface area contributed by atoms with Crippen molar-refractivity contribution in [1.82, 2.24) is 9.97 Å². The summed E-state index contributed by atoms with van der Waals surface area (Å²) in [6.45, 7) is 0. The minimum Gasteiger partial charge on any atom is -0.437 e. The van der Waals surface area contributed by atoms with Gasteiger partial charge in [-0.25, -0.2) is 9.97 Å². The van der Waals surface area contributed by atoms with Crippen LogP contribution in [0, 0.1) is 5.92 Å². The van der Waals surface area contributed by atoms with Crippen molar-refractivity contribution in [2.45, 2.75) is 32.1 Å². The number of halogens is 1. The van der Waals surface area contributed by atoms with E-state index in [1.807, 2.05) is 12.1 Å². The molecule has 1 aromatic carbocycles. The third kappa shape index (κ3) is 4.20. The lowest BCUT2D eigenvalue weighted by Gasteiger charge is -2.20. The number of amides is 1. The van der Waals surface area contributed by atoms with Gasteiger partial charge in [0, 0.05) is 11.6 Å². The van der Waals surface area contributed by atoms with Gasteiger partial charge in [-0.3, -0.25) is 4.79 Å². The van der Waals surface area contributed by atoms with Crippen molar-refractivity contribution in [3.8, 4) is 11.6 Å². The summed E-state index contributed by atoms with van der Waals surface area (Å²) in [4.78, 5) is 20.0. The second-order valence-electron chi connectivity index (χ2n) is 5.63. The van der Waals surface area contributed by atoms with Gasteiger partial charge in [0.25, 0.3) is 0 Å². The van der Waals surface area contributed by atoms with Crippen LogP contribution in [0.2, 0.25) is 5.02 Å². The molecule has 5 nitrogen and oxygen atoms in total. The summed E-state index contributed by atoms with van der Waals surface area (Å²) in [5, 5.41) is 3.32. The summed E-state index contributed by atoms with van der Waals surface area (Å²) < 4.78 is 5.59. The Kier molecular flexibility index (Phi) is 5.08. The minimum atomic E-state index is 0.109. The first-order valence-electron chi connectivity index (χ1n) is 7.76. The summed E-state index contributed by atoms with van der Waals surface area (Å²) in [5.74, 6) is 1.15. The fourth-order valence-electron chi connectivity index (χ4n) is 2.70. The Bertz CT molecular complexity index is 670. The Morgan fingerprint density at radius 3 is 2.61 bits per heavy atom. The molecule has 6 heteroatoms. The molecule has 0 aliphatic heterocycles. The summed E-state index contributed by atoms with van der Waals surface area (Å²) in [7, 11) is 0. The largest absolute Gasteiger partial charge is 0.437 e. The molecular formula is C17H18ClN3O2. The van der Waals surface area contributed by atoms with Crippen molar-refractivity contribution < 1.29 is 9.53 Å². The number of benzene rings is 1. The highest BCUT2D eigenvalue weighted by molar-refractivity contribution is 6.31. The van der Waals surface area contributed by atoms with E-state index in [2.05, 4.69) is 15.3 Å². The van der Waals surface area contributed by atoms with E-state index in [0.717, 1.165) is 31.4 Å². The molecule has 1 aromatic heterocycles. The summed E-state index contributed by atoms with van der Waals surface area (Å²) >= 11 is 5.95. The number of aromatic nitrogens is 2. The highest BCUT2D eigenvalue weighted by Crippen LogP contribution is 2.28. The van der Waals surface area contributed by atoms with Crippen LogP contribution >= 0.6 is 11.6 Å². The van der Waals surface area contributed by atoms with E-state index in [9.17, 15) is 4.79 Å². The maximum atomic E-state index is 12.2. The van der Waals surface area contributed by atoms with Crippen molar-refractivity contribution in [1.29, 1.82) is 0 Å². The van der Waals surface area contributed by atoms with Crippen LogP contribution in [0.4, 0.5) is 5.69 Å². The number of hydrogen-bond acceptors (Lipinski definition) is 4. The van der Waals surface area contributed by atoms with Gasteiger partial charge in [-0.05, 0) is 37.1 Å². The van der Waals surface area contributed by atoms with Gasteiger partial charge in [0.05, 0.1) is 6.20 Å². The molecule has 120 valence electrons. The Labute approximate surface area is 140 Å². The number of ether oxygens (including phenoxy) is 1. The molecular weight excluding hydrogens is 314 g/mol. The molecule has 1 aliphatic carbocycles. The van der Waals surface area contributed by atoms with Crippen molar-refractivity contribution >= 4 is 23.2 Å². The van der Waals surface area contributed by atoms with E-state index in [1.165, 1.54) is 18.9 Å². The molecule has 1 heterocycles. The zero-order chi connectivity index (χ0) is 16.1. The van der Waals surface area contributed by atoms with E-state index in [4.69, 9.17) is 16.3 Å². The molecule has 0 unspecified atom stereocenters. The van der Waals surface area contributed by atoms with Crippen LogP contribution in [0.5, 0.6) is 11.6 Å². The monoisotopic (exact) mass is 331 g/mol. The number of hydrogen-bond donors (Lipinski definition) is 1. The van der Waals surface area contributed by atoms with E-state index in [0.29, 0.717) is 16.7 Å². The van der Waals surface area contributed by atoms with Crippen molar-refractivity contribution in [3.63, 3.8) is 0 Å². The Morgan fingerprint density at radius 2 is 1.91 bits per heavy atom. The molecule has 1 aliphatic rings. The first-order valence-corrected chi connectivity index (χ1v) is 8.14. The molecule has 0 atom stereocenters. The van der Waals surface area contributed by atoms with Gasteiger partial charge < -0.3 is 10.1 Å². The standard InChI is InChI=1S/C17H18ClN3O2/c18-15-10-19-11-20-17(15)23-14-8-6-13(7-9-14)21-16(22)12-4-2-1-3-5-12/h6-12H,1-5H2,(H,21,22). The normalized spacial score (nSPS) is 15.2. The summed E-state index contributed by atoms with van der Waals surface area (Å²) in [6.07, 6.45) is 8.34. The van der Waals surface area contributed by atoms with E-state index in [-0.39, 0.29) is 11.8 Å². The first kappa shape index (κ1) is 15.7. The van der Waals surface area contributed by atoms with Crippen LogP contribution in [0.3, 0.4) is 0 Å². The third-order valence-corrected chi connectivity index (χ3v) is 4.21. The van der Waals surface area contributed by atoms with Gasteiger partial charge in [0.2, 0.25) is 11.8 Å². The van der Waals surface area contributed by atoms with Crippen LogP contribution in [-0.2, 0) is 4.79 Å². The van der Waals surface area contributed by atoms with Crippen molar-refractivity contribution in [2.75, 3.05) is 5.32 Å². The van der Waals surface area contributed by atoms with Gasteiger partial charge in [-0.2, -0.15) is 0 Å². The molecule has 1 N–H and O–H groups in total. The molecule has 0 bridgehead atoms. The van der Waals surface area contributed by atoms with Gasteiger partial charge in [0.1, 0.15) is 17.1 Å². The quantitative estimate of drug-likeness (QED) is 0.899. The maximum absolute atomic E-state index is 12.2. The van der Waals surface area contributed by atoms with Gasteiger partial charge in [-0.1, -0.05) is 30.9 Å². The van der Waals surface area contributed by atoms with E-state index < -0.39 is 0 Å². The lowest BCUT2D eigenvalue weighted by Crippen LogP contribution is -2.24. The molecule has 1 amide bonds. The zero-order valence-corrected chi connectivity index (χ0v) is 13.4. The maximum Gasteiger partial charge on any atom is 0.241 e. The number of nitrogens with one attached hydrogen (secondary N) is 1. The molecule has 3 rings (SSSR count).